The van der Waals surface area contributed by atoms with Crippen LogP contribution in [0.15, 0.2) is 48.5 Å². The summed E-state index contributed by atoms with van der Waals surface area (Å²) in [7, 11) is 0. The van der Waals surface area contributed by atoms with Crippen molar-refractivity contribution >= 4 is 11.7 Å². The molecule has 2 aromatic carbocycles. The van der Waals surface area contributed by atoms with Crippen LogP contribution in [0, 0.1) is 11.8 Å². The molecule has 0 spiro atoms. The van der Waals surface area contributed by atoms with Crippen molar-refractivity contribution in [2.24, 2.45) is 0 Å². The second kappa shape index (κ2) is 14.7. The van der Waals surface area contributed by atoms with Crippen LogP contribution in [0.25, 0.3) is 0 Å². The molecule has 0 saturated heterocycles. The van der Waals surface area contributed by atoms with E-state index in [0.29, 0.717) is 5.69 Å². The highest BCUT2D eigenvalue weighted by atomic mass is 19.4. The number of halogens is 3. The molecule has 7 heteroatoms. The monoisotopic (exact) mass is 517 g/mol. The predicted molar refractivity (Wildman–Crippen MR) is 141 cm³/mol. The fraction of sp³-hybridized carbons (Fsp3) is 0.500. The van der Waals surface area contributed by atoms with Crippen molar-refractivity contribution in [3.63, 3.8) is 0 Å². The van der Waals surface area contributed by atoms with Crippen molar-refractivity contribution in [1.82, 2.24) is 0 Å². The predicted octanol–water partition coefficient (Wildman–Crippen LogP) is 8.09. The molecular weight excluding hydrogens is 479 g/mol. The summed E-state index contributed by atoms with van der Waals surface area (Å²) in [4.78, 5) is 17.8. The van der Waals surface area contributed by atoms with Crippen molar-refractivity contribution in [3.05, 3.63) is 65.2 Å². The smallest absolute Gasteiger partial charge is 0.416 e. The highest BCUT2D eigenvalue weighted by Crippen LogP contribution is 2.31. The largest absolute Gasteiger partial charge is 0.458 e. The third kappa shape index (κ3) is 12.2. The van der Waals surface area contributed by atoms with Gasteiger partial charge in [0.25, 0.3) is 0 Å². The average Bonchev–Trinajstić information content (AvgIpc) is 2.83. The van der Waals surface area contributed by atoms with Gasteiger partial charge >= 0.3 is 12.1 Å². The van der Waals surface area contributed by atoms with E-state index in [9.17, 15) is 18.0 Å². The molecule has 0 N–H and O–H groups in total. The number of unbranched alkanes of at least 4 members (excludes halogenated alkanes) is 6. The van der Waals surface area contributed by atoms with Gasteiger partial charge in [-0.25, -0.2) is 9.86 Å². The molecule has 4 nitrogen and oxygen atoms in total. The van der Waals surface area contributed by atoms with Gasteiger partial charge in [0.05, 0.1) is 17.8 Å². The number of carbonyl (C=O) groups excluding carboxylic acids is 1. The first-order chi connectivity index (χ1) is 17.5. The van der Waals surface area contributed by atoms with Crippen molar-refractivity contribution in [1.29, 1.82) is 0 Å². The van der Waals surface area contributed by atoms with E-state index >= 15 is 0 Å². The zero-order valence-corrected chi connectivity index (χ0v) is 22.3. The first kappa shape index (κ1) is 30.2. The van der Waals surface area contributed by atoms with Gasteiger partial charge in [-0.3, -0.25) is 4.84 Å². The molecule has 0 saturated carbocycles. The number of hydroxylamine groups is 1. The molecule has 0 fully saturated rings. The molecule has 2 rings (SSSR count). The lowest BCUT2D eigenvalue weighted by Crippen LogP contribution is -2.31. The summed E-state index contributed by atoms with van der Waals surface area (Å²) in [6, 6.07) is 12.2. The number of carbonyl (C=O) groups is 1. The van der Waals surface area contributed by atoms with Crippen LogP contribution in [0.4, 0.5) is 18.9 Å². The molecule has 0 amide bonds. The van der Waals surface area contributed by atoms with E-state index in [1.165, 1.54) is 49.3 Å². The Labute approximate surface area is 219 Å². The van der Waals surface area contributed by atoms with E-state index in [1.54, 1.807) is 20.8 Å². The number of rotatable bonds is 12. The van der Waals surface area contributed by atoms with Crippen LogP contribution in [-0.4, -0.2) is 18.2 Å². The summed E-state index contributed by atoms with van der Waals surface area (Å²) in [5.41, 5.74) is 0.702. The Balaban J connectivity index is 2.03. The van der Waals surface area contributed by atoms with Crippen LogP contribution in [0.3, 0.4) is 0 Å². The first-order valence-electron chi connectivity index (χ1n) is 12.9. The molecule has 0 aliphatic heterocycles. The van der Waals surface area contributed by atoms with Crippen molar-refractivity contribution in [2.75, 3.05) is 11.7 Å². The lowest BCUT2D eigenvalue weighted by molar-refractivity contribution is -0.160. The maximum absolute atomic E-state index is 13.0. The van der Waals surface area contributed by atoms with Gasteiger partial charge in [-0.15, -0.1) is 0 Å². The summed E-state index contributed by atoms with van der Waals surface area (Å²) in [6.07, 6.45) is 3.82. The quantitative estimate of drug-likeness (QED) is 0.123. The Morgan fingerprint density at radius 3 is 2.11 bits per heavy atom. The molecule has 37 heavy (non-hydrogen) atoms. The number of hydrogen-bond acceptors (Lipinski definition) is 4. The third-order valence-electron chi connectivity index (χ3n) is 5.41. The number of ether oxygens (including phenoxy) is 1. The lowest BCUT2D eigenvalue weighted by atomic mass is 10.1. The topological polar surface area (TPSA) is 38.8 Å². The Morgan fingerprint density at radius 2 is 1.51 bits per heavy atom. The Kier molecular flexibility index (Phi) is 12.0. The molecule has 0 radical (unpaired) electrons. The average molecular weight is 518 g/mol. The molecule has 0 aromatic heterocycles. The normalized spacial score (nSPS) is 11.5. The minimum atomic E-state index is -4.44. The van der Waals surface area contributed by atoms with E-state index in [1.807, 2.05) is 24.3 Å². The Hall–Kier alpha value is -2.98. The van der Waals surface area contributed by atoms with Crippen LogP contribution >= 0.6 is 0 Å². The summed E-state index contributed by atoms with van der Waals surface area (Å²) in [5.74, 6) is 5.83. The molecule has 202 valence electrons. The molecule has 0 atom stereocenters. The van der Waals surface area contributed by atoms with Gasteiger partial charge in [-0.1, -0.05) is 63.0 Å². The highest BCUT2D eigenvalue weighted by molar-refractivity contribution is 5.71. The zero-order chi connectivity index (χ0) is 27.3. The van der Waals surface area contributed by atoms with Crippen molar-refractivity contribution < 1.29 is 27.5 Å². The first-order valence-corrected chi connectivity index (χ1v) is 12.9. The number of nitrogens with zero attached hydrogens (tertiary/aromatic N) is 1. The number of alkyl halides is 3. The van der Waals surface area contributed by atoms with E-state index < -0.39 is 23.3 Å². The lowest BCUT2D eigenvalue weighted by Gasteiger charge is -2.25. The fourth-order valence-corrected chi connectivity index (χ4v) is 3.55. The molecule has 0 unspecified atom stereocenters. The molecule has 0 bridgehead atoms. The molecule has 0 aliphatic rings. The second-order valence-electron chi connectivity index (χ2n) is 9.96. The summed E-state index contributed by atoms with van der Waals surface area (Å²) >= 11 is 0. The summed E-state index contributed by atoms with van der Waals surface area (Å²) < 4.78 is 44.3. The van der Waals surface area contributed by atoms with Gasteiger partial charge < -0.3 is 4.74 Å². The minimum absolute atomic E-state index is 0.222. The Bertz CT molecular complexity index is 1010. The standard InChI is InChI=1S/C30H38F3NO3/c1-5-6-7-8-9-10-11-12-13-24-14-16-25(17-15-24)22-34(36-23-28(35)37-29(2,3)4)27-20-18-26(19-21-27)30(31,32)33/h14-21H,5-11,22-23H2,1-4H3. The zero-order valence-electron chi connectivity index (χ0n) is 22.3. The van der Waals surface area contributed by atoms with Crippen LogP contribution in [-0.2, 0) is 27.1 Å². The molecular formula is C30H38F3NO3. The van der Waals surface area contributed by atoms with Gasteiger partial charge in [-0.05, 0) is 69.2 Å². The van der Waals surface area contributed by atoms with E-state index in [2.05, 4.69) is 18.8 Å². The molecule has 2 aromatic rings. The van der Waals surface area contributed by atoms with Crippen molar-refractivity contribution in [3.8, 4) is 11.8 Å². The van der Waals surface area contributed by atoms with Crippen LogP contribution in [0.1, 0.15) is 89.3 Å². The summed E-state index contributed by atoms with van der Waals surface area (Å²) in [6.45, 7) is 7.30. The van der Waals surface area contributed by atoms with Crippen LogP contribution in [0.5, 0.6) is 0 Å². The maximum Gasteiger partial charge on any atom is 0.416 e. The maximum atomic E-state index is 13.0. The van der Waals surface area contributed by atoms with Gasteiger partial charge in [-0.2, -0.15) is 13.2 Å². The number of anilines is 1. The summed E-state index contributed by atoms with van der Waals surface area (Å²) in [5, 5.41) is 1.39. The van der Waals surface area contributed by atoms with Crippen molar-refractivity contribution in [2.45, 2.75) is 91.0 Å². The van der Waals surface area contributed by atoms with E-state index in [0.717, 1.165) is 36.1 Å². The van der Waals surface area contributed by atoms with Crippen LogP contribution in [0.2, 0.25) is 0 Å². The van der Waals surface area contributed by atoms with Gasteiger partial charge in [0, 0.05) is 12.0 Å². The Morgan fingerprint density at radius 1 is 0.892 bits per heavy atom. The molecule has 0 aliphatic carbocycles. The SMILES string of the molecule is CCCCCCCCC#Cc1ccc(CN(OCC(=O)OC(C)(C)C)c2ccc(C(F)(F)F)cc2)cc1. The minimum Gasteiger partial charge on any atom is -0.458 e. The fourth-order valence-electron chi connectivity index (χ4n) is 3.55. The number of hydrogen-bond donors (Lipinski definition) is 0. The van der Waals surface area contributed by atoms with Gasteiger partial charge in [0.1, 0.15) is 5.60 Å². The second-order valence-corrected chi connectivity index (χ2v) is 9.96. The highest BCUT2D eigenvalue weighted by Gasteiger charge is 2.30. The number of benzene rings is 2. The third-order valence-corrected chi connectivity index (χ3v) is 5.41. The molecule has 0 heterocycles. The van der Waals surface area contributed by atoms with E-state index in [4.69, 9.17) is 9.57 Å². The van der Waals surface area contributed by atoms with E-state index in [-0.39, 0.29) is 13.2 Å². The van der Waals surface area contributed by atoms with Crippen LogP contribution < -0.4 is 5.06 Å². The van der Waals surface area contributed by atoms with Gasteiger partial charge in [0.15, 0.2) is 6.61 Å². The van der Waals surface area contributed by atoms with Gasteiger partial charge in [0.2, 0.25) is 0 Å². The number of esters is 1.